The fourth-order valence-corrected chi connectivity index (χ4v) is 10.6. The lowest BCUT2D eigenvalue weighted by Crippen LogP contribution is -2.14. The van der Waals surface area contributed by atoms with Crippen LogP contribution in [-0.2, 0) is 5.41 Å². The van der Waals surface area contributed by atoms with E-state index in [1.165, 1.54) is 121 Å². The topological polar surface area (TPSA) is 0 Å². The van der Waals surface area contributed by atoms with Crippen molar-refractivity contribution in [2.75, 3.05) is 0 Å². The van der Waals surface area contributed by atoms with Crippen molar-refractivity contribution in [3.05, 3.63) is 230 Å². The molecule has 0 fully saturated rings. The summed E-state index contributed by atoms with van der Waals surface area (Å²) in [5, 5.41) is 10.1. The van der Waals surface area contributed by atoms with E-state index in [9.17, 15) is 0 Å². The van der Waals surface area contributed by atoms with Gasteiger partial charge >= 0.3 is 0 Å². The maximum atomic E-state index is 2.46. The van der Waals surface area contributed by atoms with Crippen molar-refractivity contribution >= 4 is 43.1 Å². The van der Waals surface area contributed by atoms with E-state index in [-0.39, 0.29) is 5.41 Å². The molecule has 0 N–H and O–H groups in total. The standard InChI is InChI=1S/C61H42/c1-61(2)55-28-16-15-21-45(55)53-38-44(34-36-56(53)61)60-51-27-14-13-26-50(51)59(52-35-33-43(37-54(52)60)39-17-5-3-6-18-39)42-31-29-41(30-32-42)58-48-24-11-9-22-46(48)57(40-19-7-4-8-20-40)47-23-10-12-25-49(47)58/h3-38H,1-2H3. The van der Waals surface area contributed by atoms with Gasteiger partial charge in [0.05, 0.1) is 0 Å². The highest BCUT2D eigenvalue weighted by Crippen LogP contribution is 2.52. The molecular formula is C61H42. The second-order valence-corrected chi connectivity index (χ2v) is 17.1. The van der Waals surface area contributed by atoms with Gasteiger partial charge in [-0.25, -0.2) is 0 Å². The largest absolute Gasteiger partial charge is 0.0622 e. The lowest BCUT2D eigenvalue weighted by atomic mass is 9.81. The fourth-order valence-electron chi connectivity index (χ4n) is 10.6. The Morgan fingerprint density at radius 1 is 0.230 bits per heavy atom. The summed E-state index contributed by atoms with van der Waals surface area (Å²) in [6.45, 7) is 4.72. The molecule has 0 aromatic heterocycles. The molecule has 1 aliphatic carbocycles. The Labute approximate surface area is 357 Å². The molecule has 0 heteroatoms. The van der Waals surface area contributed by atoms with Crippen molar-refractivity contribution < 1.29 is 0 Å². The highest BCUT2D eigenvalue weighted by atomic mass is 14.4. The summed E-state index contributed by atoms with van der Waals surface area (Å²) in [7, 11) is 0. The Bertz CT molecular complexity index is 3460. The molecule has 0 spiro atoms. The van der Waals surface area contributed by atoms with Gasteiger partial charge in [0.1, 0.15) is 0 Å². The van der Waals surface area contributed by atoms with Crippen LogP contribution in [0.15, 0.2) is 218 Å². The van der Waals surface area contributed by atoms with Crippen LogP contribution in [0.2, 0.25) is 0 Å². The van der Waals surface area contributed by atoms with Gasteiger partial charge < -0.3 is 0 Å². The summed E-state index contributed by atoms with van der Waals surface area (Å²) < 4.78 is 0. The van der Waals surface area contributed by atoms with Crippen molar-refractivity contribution in [3.63, 3.8) is 0 Å². The van der Waals surface area contributed by atoms with Gasteiger partial charge in [0.2, 0.25) is 0 Å². The molecule has 0 heterocycles. The molecule has 0 amide bonds. The van der Waals surface area contributed by atoms with Crippen LogP contribution in [0.4, 0.5) is 0 Å². The zero-order valence-electron chi connectivity index (χ0n) is 34.3. The molecule has 0 atom stereocenters. The average molecular weight is 775 g/mol. The lowest BCUT2D eigenvalue weighted by Gasteiger charge is -2.22. The molecule has 61 heavy (non-hydrogen) atoms. The molecule has 1 aliphatic rings. The minimum Gasteiger partial charge on any atom is -0.0622 e. The SMILES string of the molecule is CC1(C)c2ccccc2-c2cc(-c3c4ccccc4c(-c4ccc(-c5c6ccccc6c(-c6ccccc6)c6ccccc56)cc4)c4ccc(-c5ccccc5)cc34)ccc21. The molecule has 0 saturated carbocycles. The summed E-state index contributed by atoms with van der Waals surface area (Å²) in [6, 6.07) is 81.2. The van der Waals surface area contributed by atoms with Gasteiger partial charge in [-0.2, -0.15) is 0 Å². The van der Waals surface area contributed by atoms with Crippen molar-refractivity contribution in [2.45, 2.75) is 19.3 Å². The van der Waals surface area contributed by atoms with Crippen molar-refractivity contribution in [1.29, 1.82) is 0 Å². The first-order chi connectivity index (χ1) is 30.0. The van der Waals surface area contributed by atoms with Gasteiger partial charge in [-0.15, -0.1) is 0 Å². The highest BCUT2D eigenvalue weighted by molar-refractivity contribution is 6.23. The fraction of sp³-hybridized carbons (Fsp3) is 0.0492. The number of benzene rings is 11. The van der Waals surface area contributed by atoms with E-state index in [1.807, 2.05) is 0 Å². The Morgan fingerprint density at radius 2 is 0.590 bits per heavy atom. The molecule has 286 valence electrons. The summed E-state index contributed by atoms with van der Waals surface area (Å²) in [5.41, 5.74) is 17.9. The Morgan fingerprint density at radius 3 is 1.11 bits per heavy atom. The van der Waals surface area contributed by atoms with Crippen LogP contribution in [-0.4, -0.2) is 0 Å². The number of hydrogen-bond acceptors (Lipinski definition) is 0. The highest BCUT2D eigenvalue weighted by Gasteiger charge is 2.35. The molecule has 11 aromatic carbocycles. The lowest BCUT2D eigenvalue weighted by molar-refractivity contribution is 0.660. The molecular weight excluding hydrogens is 733 g/mol. The van der Waals surface area contributed by atoms with Crippen LogP contribution in [0.5, 0.6) is 0 Å². The van der Waals surface area contributed by atoms with E-state index >= 15 is 0 Å². The first-order valence-electron chi connectivity index (χ1n) is 21.4. The van der Waals surface area contributed by atoms with E-state index < -0.39 is 0 Å². The molecule has 0 nitrogen and oxygen atoms in total. The van der Waals surface area contributed by atoms with Crippen molar-refractivity contribution in [3.8, 4) is 66.8 Å². The maximum Gasteiger partial charge on any atom is 0.0158 e. The number of rotatable bonds is 5. The molecule has 0 unspecified atom stereocenters. The van der Waals surface area contributed by atoms with E-state index in [4.69, 9.17) is 0 Å². The summed E-state index contributed by atoms with van der Waals surface area (Å²) >= 11 is 0. The third kappa shape index (κ3) is 5.46. The van der Waals surface area contributed by atoms with Gasteiger partial charge in [0.15, 0.2) is 0 Å². The Balaban J connectivity index is 1.09. The molecule has 0 aliphatic heterocycles. The Kier molecular flexibility index (Phi) is 7.99. The van der Waals surface area contributed by atoms with Gasteiger partial charge in [0.25, 0.3) is 0 Å². The second-order valence-electron chi connectivity index (χ2n) is 17.1. The maximum absolute atomic E-state index is 2.46. The van der Waals surface area contributed by atoms with Crippen LogP contribution >= 0.6 is 0 Å². The summed E-state index contributed by atoms with van der Waals surface area (Å²) in [5.74, 6) is 0. The zero-order chi connectivity index (χ0) is 40.7. The minimum atomic E-state index is -0.0480. The smallest absolute Gasteiger partial charge is 0.0158 e. The van der Waals surface area contributed by atoms with E-state index in [1.54, 1.807) is 0 Å². The number of fused-ring (bicyclic) bond motifs is 7. The monoisotopic (exact) mass is 774 g/mol. The molecule has 0 saturated heterocycles. The van der Waals surface area contributed by atoms with E-state index in [0.29, 0.717) is 0 Å². The molecule has 12 rings (SSSR count). The van der Waals surface area contributed by atoms with Gasteiger partial charge in [0, 0.05) is 5.41 Å². The van der Waals surface area contributed by atoms with E-state index in [2.05, 4.69) is 232 Å². The van der Waals surface area contributed by atoms with Crippen molar-refractivity contribution in [1.82, 2.24) is 0 Å². The van der Waals surface area contributed by atoms with Gasteiger partial charge in [-0.1, -0.05) is 220 Å². The van der Waals surface area contributed by atoms with E-state index in [0.717, 1.165) is 0 Å². The molecule has 0 bridgehead atoms. The van der Waals surface area contributed by atoms with Crippen LogP contribution in [0.3, 0.4) is 0 Å². The minimum absolute atomic E-state index is 0.0480. The predicted octanol–water partition coefficient (Wildman–Crippen LogP) is 16.9. The summed E-state index contributed by atoms with van der Waals surface area (Å²) in [6.07, 6.45) is 0. The second kappa shape index (κ2) is 13.8. The van der Waals surface area contributed by atoms with Crippen LogP contribution in [0, 0.1) is 0 Å². The third-order valence-corrected chi connectivity index (χ3v) is 13.5. The average Bonchev–Trinajstić information content (AvgIpc) is 3.55. The van der Waals surface area contributed by atoms with Crippen LogP contribution < -0.4 is 0 Å². The number of hydrogen-bond donors (Lipinski definition) is 0. The molecule has 0 radical (unpaired) electrons. The quantitative estimate of drug-likeness (QED) is 0.153. The van der Waals surface area contributed by atoms with Crippen LogP contribution in [0.25, 0.3) is 110 Å². The van der Waals surface area contributed by atoms with Crippen molar-refractivity contribution in [2.24, 2.45) is 0 Å². The Hall–Kier alpha value is -7.54. The van der Waals surface area contributed by atoms with Gasteiger partial charge in [-0.05, 0) is 133 Å². The summed E-state index contributed by atoms with van der Waals surface area (Å²) in [4.78, 5) is 0. The van der Waals surface area contributed by atoms with Gasteiger partial charge in [-0.3, -0.25) is 0 Å². The van der Waals surface area contributed by atoms with Crippen LogP contribution in [0.1, 0.15) is 25.0 Å². The zero-order valence-corrected chi connectivity index (χ0v) is 34.3. The third-order valence-electron chi connectivity index (χ3n) is 13.5. The normalized spacial score (nSPS) is 12.9. The molecule has 11 aromatic rings. The first-order valence-corrected chi connectivity index (χ1v) is 21.4. The predicted molar refractivity (Wildman–Crippen MR) is 261 cm³/mol. The first kappa shape index (κ1) is 35.4.